The van der Waals surface area contributed by atoms with Gasteiger partial charge in [-0.25, -0.2) is 0 Å². The Kier molecular flexibility index (Phi) is 5.45. The number of hydrogen-bond donors (Lipinski definition) is 0. The summed E-state index contributed by atoms with van der Waals surface area (Å²) in [5.74, 6) is 0.881. The van der Waals surface area contributed by atoms with E-state index in [0.29, 0.717) is 37.2 Å². The van der Waals surface area contributed by atoms with Gasteiger partial charge >= 0.3 is 0 Å². The number of pyridine rings is 2. The van der Waals surface area contributed by atoms with Gasteiger partial charge in [0.1, 0.15) is 0 Å². The van der Waals surface area contributed by atoms with Crippen molar-refractivity contribution < 1.29 is 14.3 Å². The number of likely N-dealkylation sites (tertiary alicyclic amines) is 1. The summed E-state index contributed by atoms with van der Waals surface area (Å²) >= 11 is 0. The first-order valence-electron chi connectivity index (χ1n) is 9.51. The van der Waals surface area contributed by atoms with Crippen molar-refractivity contribution in [3.63, 3.8) is 0 Å². The molecule has 0 bridgehead atoms. The van der Waals surface area contributed by atoms with Crippen LogP contribution in [0.5, 0.6) is 0 Å². The number of aromatic nitrogens is 2. The van der Waals surface area contributed by atoms with Crippen LogP contribution in [0.15, 0.2) is 42.9 Å². The van der Waals surface area contributed by atoms with Gasteiger partial charge in [0.2, 0.25) is 0 Å². The fourth-order valence-electron chi connectivity index (χ4n) is 4.01. The number of carbonyl (C=O) groups excluding carboxylic acids is 1. The zero-order chi connectivity index (χ0) is 18.6. The van der Waals surface area contributed by atoms with E-state index in [1.807, 2.05) is 36.1 Å². The Hall–Kier alpha value is -2.31. The zero-order valence-electron chi connectivity index (χ0n) is 15.6. The molecule has 142 valence electrons. The van der Waals surface area contributed by atoms with E-state index >= 15 is 0 Å². The molecule has 0 N–H and O–H groups in total. The van der Waals surface area contributed by atoms with E-state index < -0.39 is 0 Å². The zero-order valence-corrected chi connectivity index (χ0v) is 15.6. The highest BCUT2D eigenvalue weighted by Gasteiger charge is 2.45. The Labute approximate surface area is 159 Å². The van der Waals surface area contributed by atoms with Crippen LogP contribution in [0.1, 0.15) is 28.0 Å². The highest BCUT2D eigenvalue weighted by atomic mass is 16.5. The molecular formula is C21H25N3O3. The van der Waals surface area contributed by atoms with Crippen molar-refractivity contribution in [1.82, 2.24) is 14.9 Å². The molecule has 0 unspecified atom stereocenters. The van der Waals surface area contributed by atoms with Crippen molar-refractivity contribution in [3.05, 3.63) is 59.7 Å². The Morgan fingerprint density at radius 1 is 1.33 bits per heavy atom. The van der Waals surface area contributed by atoms with Gasteiger partial charge in [0.15, 0.2) is 0 Å². The molecular weight excluding hydrogens is 342 g/mol. The fraction of sp³-hybridized carbons (Fsp3) is 0.476. The van der Waals surface area contributed by atoms with Crippen molar-refractivity contribution in [3.8, 4) is 0 Å². The van der Waals surface area contributed by atoms with Crippen LogP contribution in [0.4, 0.5) is 0 Å². The molecule has 0 aliphatic carbocycles. The van der Waals surface area contributed by atoms with Crippen molar-refractivity contribution in [1.29, 1.82) is 0 Å². The van der Waals surface area contributed by atoms with E-state index in [0.717, 1.165) is 30.8 Å². The minimum Gasteiger partial charge on any atom is -0.376 e. The Balaban J connectivity index is 1.27. The largest absolute Gasteiger partial charge is 0.376 e. The summed E-state index contributed by atoms with van der Waals surface area (Å²) in [5.41, 5.74) is 2.60. The molecule has 2 aliphatic rings. The number of carbonyl (C=O) groups is 1. The smallest absolute Gasteiger partial charge is 0.255 e. The first-order chi connectivity index (χ1) is 13.2. The number of nitrogens with zero attached hydrogens (tertiary/aromatic N) is 3. The van der Waals surface area contributed by atoms with Crippen LogP contribution in [0.3, 0.4) is 0 Å². The van der Waals surface area contributed by atoms with Crippen LogP contribution in [-0.4, -0.2) is 53.2 Å². The maximum atomic E-state index is 12.8. The molecule has 2 saturated heterocycles. The van der Waals surface area contributed by atoms with Gasteiger partial charge in [0.25, 0.3) is 5.91 Å². The first kappa shape index (κ1) is 18.1. The van der Waals surface area contributed by atoms with Crippen molar-refractivity contribution in [2.75, 3.05) is 26.3 Å². The molecule has 2 aromatic rings. The minimum absolute atomic E-state index is 0.0503. The van der Waals surface area contributed by atoms with Crippen LogP contribution in [0, 0.1) is 18.8 Å². The van der Waals surface area contributed by atoms with Crippen LogP contribution in [0.2, 0.25) is 0 Å². The summed E-state index contributed by atoms with van der Waals surface area (Å²) < 4.78 is 11.7. The molecule has 2 aliphatic heterocycles. The van der Waals surface area contributed by atoms with Gasteiger partial charge in [-0.2, -0.15) is 0 Å². The van der Waals surface area contributed by atoms with Crippen LogP contribution >= 0.6 is 0 Å². The third-order valence-corrected chi connectivity index (χ3v) is 5.46. The molecule has 2 aromatic heterocycles. The Bertz CT molecular complexity index is 783. The van der Waals surface area contributed by atoms with E-state index in [4.69, 9.17) is 9.47 Å². The van der Waals surface area contributed by atoms with Gasteiger partial charge in [-0.15, -0.1) is 0 Å². The summed E-state index contributed by atoms with van der Waals surface area (Å²) in [6.07, 6.45) is 6.28. The quantitative estimate of drug-likeness (QED) is 0.734. The average Bonchev–Trinajstić information content (AvgIpc) is 3.27. The second kappa shape index (κ2) is 8.15. The molecule has 4 rings (SSSR count). The highest BCUT2D eigenvalue weighted by Crippen LogP contribution is 2.36. The number of fused-ring (bicyclic) bond motifs is 1. The van der Waals surface area contributed by atoms with Gasteiger partial charge in [0.05, 0.1) is 30.6 Å². The lowest BCUT2D eigenvalue weighted by atomic mass is 9.91. The van der Waals surface area contributed by atoms with Gasteiger partial charge in [-0.05, 0) is 43.0 Å². The predicted molar refractivity (Wildman–Crippen MR) is 100 cm³/mol. The summed E-state index contributed by atoms with van der Waals surface area (Å²) in [4.78, 5) is 23.1. The molecule has 0 saturated carbocycles. The molecule has 2 fully saturated rings. The van der Waals surface area contributed by atoms with Gasteiger partial charge < -0.3 is 14.4 Å². The molecule has 6 heteroatoms. The molecule has 0 radical (unpaired) electrons. The van der Waals surface area contributed by atoms with Crippen LogP contribution < -0.4 is 0 Å². The number of amides is 1. The lowest BCUT2D eigenvalue weighted by molar-refractivity contribution is 0.0646. The van der Waals surface area contributed by atoms with E-state index in [1.165, 1.54) is 0 Å². The summed E-state index contributed by atoms with van der Waals surface area (Å²) in [6, 6.07) is 7.73. The minimum atomic E-state index is 0.0503. The monoisotopic (exact) mass is 367 g/mol. The van der Waals surface area contributed by atoms with Crippen molar-refractivity contribution in [2.45, 2.75) is 26.1 Å². The van der Waals surface area contributed by atoms with E-state index in [-0.39, 0.29) is 12.0 Å². The maximum absolute atomic E-state index is 12.8. The second-order valence-electron chi connectivity index (χ2n) is 7.42. The van der Waals surface area contributed by atoms with E-state index in [9.17, 15) is 4.79 Å². The normalized spacial score (nSPS) is 24.2. The van der Waals surface area contributed by atoms with Gasteiger partial charge in [-0.1, -0.05) is 6.07 Å². The number of hydrogen-bond acceptors (Lipinski definition) is 5. The van der Waals surface area contributed by atoms with Crippen molar-refractivity contribution >= 4 is 5.91 Å². The highest BCUT2D eigenvalue weighted by molar-refractivity contribution is 5.94. The summed E-state index contributed by atoms with van der Waals surface area (Å²) in [7, 11) is 0. The summed E-state index contributed by atoms with van der Waals surface area (Å²) in [5, 5.41) is 0. The third kappa shape index (κ3) is 4.17. The van der Waals surface area contributed by atoms with Crippen LogP contribution in [-0.2, 0) is 16.1 Å². The summed E-state index contributed by atoms with van der Waals surface area (Å²) in [6.45, 7) is 5.35. The standard InChI is InChI=1S/C21H25N3O3/c1-15-8-17(10-22-9-15)21(25)24-11-19-16(13-27-20(19)12-24)5-7-26-14-18-4-2-3-6-23-18/h2-4,6,8-10,16,19-20H,5,7,11-14H2,1H3/t16-,19-,20-/m0/s1. The predicted octanol–water partition coefficient (Wildman–Crippen LogP) is 2.48. The number of rotatable bonds is 6. The first-order valence-corrected chi connectivity index (χ1v) is 9.51. The van der Waals surface area contributed by atoms with Gasteiger partial charge in [0, 0.05) is 44.2 Å². The molecule has 6 nitrogen and oxygen atoms in total. The SMILES string of the molecule is Cc1cncc(C(=O)N2C[C@H]3[C@@H](CCOCc4ccccn4)CO[C@H]3C2)c1. The number of ether oxygens (including phenoxy) is 2. The molecule has 27 heavy (non-hydrogen) atoms. The average molecular weight is 367 g/mol. The lowest BCUT2D eigenvalue weighted by Crippen LogP contribution is -2.31. The third-order valence-electron chi connectivity index (χ3n) is 5.46. The molecule has 0 aromatic carbocycles. The van der Waals surface area contributed by atoms with E-state index in [1.54, 1.807) is 18.6 Å². The molecule has 1 amide bonds. The topological polar surface area (TPSA) is 64.6 Å². The molecule has 3 atom stereocenters. The van der Waals surface area contributed by atoms with Gasteiger partial charge in [-0.3, -0.25) is 14.8 Å². The number of aryl methyl sites for hydroxylation is 1. The maximum Gasteiger partial charge on any atom is 0.255 e. The lowest BCUT2D eigenvalue weighted by Gasteiger charge is -2.20. The second-order valence-corrected chi connectivity index (χ2v) is 7.42. The van der Waals surface area contributed by atoms with Crippen LogP contribution in [0.25, 0.3) is 0 Å². The Morgan fingerprint density at radius 3 is 3.07 bits per heavy atom. The van der Waals surface area contributed by atoms with Crippen molar-refractivity contribution in [2.24, 2.45) is 11.8 Å². The molecule has 0 spiro atoms. The Morgan fingerprint density at radius 2 is 2.26 bits per heavy atom. The fourth-order valence-corrected chi connectivity index (χ4v) is 4.01. The molecule has 4 heterocycles. The van der Waals surface area contributed by atoms with E-state index in [2.05, 4.69) is 9.97 Å².